The first-order valence-electron chi connectivity index (χ1n) is 24.6. The molecule has 9 rings (SSSR count). The molecule has 2 fully saturated rings. The lowest BCUT2D eigenvalue weighted by atomic mass is 9.82. The molecule has 1 aliphatic carbocycles. The number of thiophene rings is 1. The number of hydrogen-bond acceptors (Lipinski definition) is 15. The van der Waals surface area contributed by atoms with Crippen LogP contribution in [0.4, 0.5) is 4.39 Å². The van der Waals surface area contributed by atoms with Crippen molar-refractivity contribution in [2.75, 3.05) is 86.5 Å². The van der Waals surface area contributed by atoms with Gasteiger partial charge in [0.05, 0.1) is 54.0 Å². The Morgan fingerprint density at radius 2 is 1.67 bits per heavy atom. The van der Waals surface area contributed by atoms with Crippen molar-refractivity contribution in [3.05, 3.63) is 118 Å². The number of ether oxygens (including phenoxy) is 7. The van der Waals surface area contributed by atoms with Crippen LogP contribution < -0.4 is 9.47 Å². The maximum Gasteiger partial charge on any atom is 0.345 e. The van der Waals surface area contributed by atoms with E-state index in [0.717, 1.165) is 57.7 Å². The summed E-state index contributed by atoms with van der Waals surface area (Å²) < 4.78 is 57.4. The Morgan fingerprint density at radius 1 is 0.945 bits per heavy atom. The number of carboxylic acid groups (broad SMARTS) is 1. The Bertz CT molecular complexity index is 2730. The maximum atomic E-state index is 14.4. The van der Waals surface area contributed by atoms with E-state index in [2.05, 4.69) is 38.4 Å². The van der Waals surface area contributed by atoms with E-state index in [0.29, 0.717) is 106 Å². The highest BCUT2D eigenvalue weighted by atomic mass is 35.5. The molecule has 1 saturated carbocycles. The van der Waals surface area contributed by atoms with Gasteiger partial charge in [-0.2, -0.15) is 0 Å². The molecule has 15 nitrogen and oxygen atoms in total. The average Bonchev–Trinajstić information content (AvgIpc) is 3.78. The van der Waals surface area contributed by atoms with E-state index in [1.807, 2.05) is 13.8 Å². The van der Waals surface area contributed by atoms with Crippen molar-refractivity contribution >= 4 is 50.7 Å². The normalized spacial score (nSPS) is 21.5. The molecule has 1 N–H and O–H groups in total. The monoisotopic (exact) mass is 1060 g/mol. The highest BCUT2D eigenvalue weighted by Crippen LogP contribution is 2.53. The number of carbonyl (C=O) groups is 1. The molecule has 4 aliphatic rings. The SMILES string of the molecule is C=C/C=C1\C=C(/OCc2ccnc([C@H]3CC[C@H](COCCOCCOC)CC3)n2)C[C@H](C(=O)O)Oc2ncnc3sc(-c4ccc(F)cc4)c(c23)-c2c(C)c(Cl)c(c(Cl)c2C)O[C@H](CN2CCN(C)CC2)CO1. The van der Waals surface area contributed by atoms with Gasteiger partial charge in [0, 0.05) is 75.1 Å². The van der Waals surface area contributed by atoms with Gasteiger partial charge in [-0.05, 0) is 99.0 Å². The fourth-order valence-corrected chi connectivity index (χ4v) is 11.0. The van der Waals surface area contributed by atoms with Gasteiger partial charge in [-0.1, -0.05) is 48.0 Å². The Balaban J connectivity index is 1.13. The van der Waals surface area contributed by atoms with Gasteiger partial charge >= 0.3 is 5.97 Å². The lowest BCUT2D eigenvalue weighted by Crippen LogP contribution is -2.48. The topological polar surface area (TPSA) is 160 Å². The van der Waals surface area contributed by atoms with Crippen molar-refractivity contribution < 1.29 is 47.4 Å². The number of nitrogens with zero attached hydrogens (tertiary/aromatic N) is 6. The van der Waals surface area contributed by atoms with Crippen molar-refractivity contribution in [2.24, 2.45) is 5.92 Å². The molecule has 1 saturated heterocycles. The molecule has 2 atom stereocenters. The van der Waals surface area contributed by atoms with Crippen molar-refractivity contribution in [3.8, 4) is 33.2 Å². The smallest absolute Gasteiger partial charge is 0.345 e. The number of hydrogen-bond donors (Lipinski definition) is 1. The summed E-state index contributed by atoms with van der Waals surface area (Å²) in [5.74, 6) is 0.562. The molecule has 390 valence electrons. The molecule has 0 spiro atoms. The first-order chi connectivity index (χ1) is 35.4. The van der Waals surface area contributed by atoms with Crippen LogP contribution in [0.3, 0.4) is 0 Å². The largest absolute Gasteiger partial charge is 0.491 e. The molecule has 2 bridgehead atoms. The highest BCUT2D eigenvalue weighted by Gasteiger charge is 2.33. The summed E-state index contributed by atoms with van der Waals surface area (Å²) in [6, 6.07) is 7.91. The van der Waals surface area contributed by atoms with Crippen molar-refractivity contribution in [2.45, 2.75) is 70.7 Å². The summed E-state index contributed by atoms with van der Waals surface area (Å²) in [7, 11) is 3.75. The fraction of sp³-hybridized carbons (Fsp3) is 0.463. The quantitative estimate of drug-likeness (QED) is 0.0876. The summed E-state index contributed by atoms with van der Waals surface area (Å²) in [5.41, 5.74) is 3.83. The Labute approximate surface area is 439 Å². The lowest BCUT2D eigenvalue weighted by molar-refractivity contribution is -0.145. The van der Waals surface area contributed by atoms with Crippen LogP contribution in [-0.4, -0.2) is 140 Å². The molecule has 3 aliphatic heterocycles. The number of likely N-dealkylation sites (N-methyl/N-ethyl adjacent to an activating group) is 1. The number of carboxylic acids is 1. The third kappa shape index (κ3) is 13.7. The standard InChI is InChI=1S/C54H63Cl2FN6O9S/c1-6-7-40-26-41(69-30-39-16-17-58-51(61-39)37-10-8-35(9-11-37)29-68-25-24-67-23-22-66-5)27-43(54(64)65)72-52-46-45(50(73-53(46)60-32-59-52)36-12-14-38(57)15-13-36)44-33(2)47(55)49(48(56)34(44)3)71-42(31-70-40)28-63-20-18-62(4)19-21-63/h6-7,12-17,26,32,35,37,42-43H,1,8-11,18-25,27-31H2,2-5H3,(H,64,65)/b40-7+,41-26-/t35-,37-,42-,43-/m1/s1. The van der Waals surface area contributed by atoms with Gasteiger partial charge in [0.25, 0.3) is 0 Å². The molecule has 0 amide bonds. The van der Waals surface area contributed by atoms with E-state index in [1.165, 1.54) is 29.8 Å². The van der Waals surface area contributed by atoms with Crippen molar-refractivity contribution in [1.29, 1.82) is 0 Å². The van der Waals surface area contributed by atoms with Crippen LogP contribution in [0.2, 0.25) is 10.0 Å². The minimum absolute atomic E-state index is 0.00314. The highest BCUT2D eigenvalue weighted by molar-refractivity contribution is 7.22. The van der Waals surface area contributed by atoms with E-state index in [-0.39, 0.29) is 47.2 Å². The molecule has 6 heterocycles. The predicted octanol–water partition coefficient (Wildman–Crippen LogP) is 10.2. The number of halogens is 3. The van der Waals surface area contributed by atoms with Crippen LogP contribution in [0, 0.1) is 25.6 Å². The molecule has 0 radical (unpaired) electrons. The zero-order valence-corrected chi connectivity index (χ0v) is 44.1. The van der Waals surface area contributed by atoms with E-state index in [1.54, 1.807) is 49.7 Å². The van der Waals surface area contributed by atoms with Gasteiger partial charge in [-0.3, -0.25) is 4.90 Å². The number of methoxy groups -OCH3 is 1. The van der Waals surface area contributed by atoms with Crippen LogP contribution in [0.25, 0.3) is 31.8 Å². The third-order valence-corrected chi connectivity index (χ3v) is 15.5. The number of aliphatic carboxylic acids is 1. The fourth-order valence-electron chi connectivity index (χ4n) is 9.38. The number of allylic oxidation sites excluding steroid dienone is 3. The lowest BCUT2D eigenvalue weighted by Gasteiger charge is -2.35. The van der Waals surface area contributed by atoms with E-state index >= 15 is 0 Å². The zero-order valence-electron chi connectivity index (χ0n) is 41.7. The second-order valence-electron chi connectivity index (χ2n) is 18.6. The van der Waals surface area contributed by atoms with Crippen LogP contribution in [-0.2, 0) is 35.1 Å². The van der Waals surface area contributed by atoms with Gasteiger partial charge in [0.15, 0.2) is 5.75 Å². The number of piperazine rings is 1. The minimum Gasteiger partial charge on any atom is -0.491 e. The maximum absolute atomic E-state index is 14.4. The number of benzene rings is 2. The first-order valence-corrected chi connectivity index (χ1v) is 26.2. The molecular weight excluding hydrogens is 999 g/mol. The molecule has 5 aromatic rings. The van der Waals surface area contributed by atoms with Gasteiger partial charge in [-0.25, -0.2) is 29.1 Å². The molecular formula is C54H63Cl2FN6O9S. The van der Waals surface area contributed by atoms with Gasteiger partial charge in [0.1, 0.15) is 53.6 Å². The van der Waals surface area contributed by atoms with Gasteiger partial charge < -0.3 is 43.2 Å². The number of aromatic nitrogens is 4. The van der Waals surface area contributed by atoms with E-state index in [4.69, 9.17) is 61.3 Å². The summed E-state index contributed by atoms with van der Waals surface area (Å²) in [6.07, 6.45) is 9.43. The van der Waals surface area contributed by atoms with Crippen LogP contribution in [0.15, 0.2) is 79.2 Å². The van der Waals surface area contributed by atoms with Gasteiger partial charge in [0.2, 0.25) is 12.0 Å². The van der Waals surface area contributed by atoms with Crippen LogP contribution >= 0.6 is 34.5 Å². The molecule has 0 unspecified atom stereocenters. The summed E-state index contributed by atoms with van der Waals surface area (Å²) >= 11 is 16.0. The predicted molar refractivity (Wildman–Crippen MR) is 280 cm³/mol. The first kappa shape index (κ1) is 54.0. The Morgan fingerprint density at radius 3 is 2.38 bits per heavy atom. The van der Waals surface area contributed by atoms with Crippen LogP contribution in [0.5, 0.6) is 11.6 Å². The second-order valence-corrected chi connectivity index (χ2v) is 20.3. The number of rotatable bonds is 17. The minimum atomic E-state index is -1.53. The molecule has 3 aromatic heterocycles. The van der Waals surface area contributed by atoms with Crippen molar-refractivity contribution in [1.82, 2.24) is 29.7 Å². The third-order valence-electron chi connectivity index (χ3n) is 13.4. The Hall–Kier alpha value is -5.24. The zero-order chi connectivity index (χ0) is 51.4. The second kappa shape index (κ2) is 25.8. The molecule has 73 heavy (non-hydrogen) atoms. The van der Waals surface area contributed by atoms with E-state index < -0.39 is 24.0 Å². The van der Waals surface area contributed by atoms with Crippen molar-refractivity contribution in [3.63, 3.8) is 0 Å². The van der Waals surface area contributed by atoms with E-state index in [9.17, 15) is 14.3 Å². The van der Waals surface area contributed by atoms with Gasteiger partial charge in [-0.15, -0.1) is 11.3 Å². The Kier molecular flexibility index (Phi) is 19.1. The number of fused-ring (bicyclic) bond motifs is 10. The van der Waals surface area contributed by atoms with Crippen LogP contribution in [0.1, 0.15) is 60.7 Å². The molecule has 19 heteroatoms. The summed E-state index contributed by atoms with van der Waals surface area (Å²) in [6.45, 7) is 14.5. The summed E-state index contributed by atoms with van der Waals surface area (Å²) in [5, 5.41) is 11.9. The molecule has 2 aromatic carbocycles. The average molecular weight is 1060 g/mol. The summed E-state index contributed by atoms with van der Waals surface area (Å²) in [4.78, 5) is 38.0.